The molecular formula is C13H21N3O2. The predicted molar refractivity (Wildman–Crippen MR) is 67.0 cm³/mol. The molecule has 2 atom stereocenters. The summed E-state index contributed by atoms with van der Waals surface area (Å²) in [6.07, 6.45) is 6.73. The molecule has 0 spiro atoms. The first-order valence-electron chi connectivity index (χ1n) is 6.63. The van der Waals surface area contributed by atoms with E-state index in [1.54, 1.807) is 4.68 Å². The fourth-order valence-electron chi connectivity index (χ4n) is 3.05. The molecule has 0 aromatic carbocycles. The third kappa shape index (κ3) is 2.40. The van der Waals surface area contributed by atoms with Gasteiger partial charge >= 0.3 is 5.97 Å². The lowest BCUT2D eigenvalue weighted by molar-refractivity contribution is -0.152. The SMILES string of the molecule is CCC1CCCC(Cc2ncnn2C)(C(=O)O)C1. The minimum atomic E-state index is -0.677. The maximum absolute atomic E-state index is 11.7. The highest BCUT2D eigenvalue weighted by atomic mass is 16.4. The highest BCUT2D eigenvalue weighted by Crippen LogP contribution is 2.43. The molecule has 0 aliphatic heterocycles. The van der Waals surface area contributed by atoms with Gasteiger partial charge in [-0.15, -0.1) is 0 Å². The van der Waals surface area contributed by atoms with Crippen LogP contribution in [-0.2, 0) is 18.3 Å². The van der Waals surface area contributed by atoms with Crippen molar-refractivity contribution in [1.82, 2.24) is 14.8 Å². The summed E-state index contributed by atoms with van der Waals surface area (Å²) in [6.45, 7) is 2.14. The molecule has 1 aromatic heterocycles. The summed E-state index contributed by atoms with van der Waals surface area (Å²) >= 11 is 0. The van der Waals surface area contributed by atoms with Crippen LogP contribution in [-0.4, -0.2) is 25.8 Å². The van der Waals surface area contributed by atoms with Crippen LogP contribution in [0.3, 0.4) is 0 Å². The maximum Gasteiger partial charge on any atom is 0.310 e. The van der Waals surface area contributed by atoms with E-state index < -0.39 is 11.4 Å². The van der Waals surface area contributed by atoms with Crippen LogP contribution in [0, 0.1) is 11.3 Å². The Morgan fingerprint density at radius 3 is 3.00 bits per heavy atom. The third-order valence-corrected chi connectivity index (χ3v) is 4.28. The molecule has 18 heavy (non-hydrogen) atoms. The van der Waals surface area contributed by atoms with Gasteiger partial charge in [0.1, 0.15) is 12.2 Å². The number of aromatic nitrogens is 3. The topological polar surface area (TPSA) is 68.0 Å². The molecule has 1 heterocycles. The van der Waals surface area contributed by atoms with E-state index in [9.17, 15) is 9.90 Å². The highest BCUT2D eigenvalue weighted by Gasteiger charge is 2.43. The number of rotatable bonds is 4. The lowest BCUT2D eigenvalue weighted by Crippen LogP contribution is -2.39. The average Bonchev–Trinajstić information content (AvgIpc) is 2.75. The quantitative estimate of drug-likeness (QED) is 0.889. The molecule has 1 saturated carbocycles. The summed E-state index contributed by atoms with van der Waals surface area (Å²) in [7, 11) is 1.82. The van der Waals surface area contributed by atoms with E-state index in [0.717, 1.165) is 37.9 Å². The fraction of sp³-hybridized carbons (Fsp3) is 0.769. The predicted octanol–water partition coefficient (Wildman–Crippen LogP) is 2.03. The first-order valence-corrected chi connectivity index (χ1v) is 6.63. The molecule has 1 aromatic rings. The van der Waals surface area contributed by atoms with Crippen molar-refractivity contribution in [2.45, 2.75) is 45.4 Å². The number of carboxylic acid groups (broad SMARTS) is 1. The van der Waals surface area contributed by atoms with Gasteiger partial charge in [0.2, 0.25) is 0 Å². The Morgan fingerprint density at radius 2 is 2.44 bits per heavy atom. The van der Waals surface area contributed by atoms with E-state index >= 15 is 0 Å². The normalized spacial score (nSPS) is 28.2. The molecule has 0 amide bonds. The molecule has 1 fully saturated rings. The molecule has 2 unspecified atom stereocenters. The van der Waals surface area contributed by atoms with Crippen LogP contribution in [0.2, 0.25) is 0 Å². The number of hydrogen-bond donors (Lipinski definition) is 1. The Kier molecular flexibility index (Phi) is 3.68. The Bertz CT molecular complexity index is 430. The number of carbonyl (C=O) groups is 1. The standard InChI is InChI=1S/C13H21N3O2/c1-3-10-5-4-6-13(7-10,12(17)18)8-11-14-9-15-16(11)2/h9-10H,3-8H2,1-2H3,(H,17,18). The third-order valence-electron chi connectivity index (χ3n) is 4.28. The van der Waals surface area contributed by atoms with Crippen LogP contribution in [0.1, 0.15) is 44.9 Å². The van der Waals surface area contributed by atoms with Crippen LogP contribution in [0.4, 0.5) is 0 Å². The summed E-state index contributed by atoms with van der Waals surface area (Å²) in [5, 5.41) is 13.7. The van der Waals surface area contributed by atoms with Gasteiger partial charge in [0, 0.05) is 13.5 Å². The van der Waals surface area contributed by atoms with Gasteiger partial charge < -0.3 is 5.11 Å². The summed E-state index contributed by atoms with van der Waals surface area (Å²) in [5.74, 6) is 0.626. The molecule has 1 aliphatic carbocycles. The van der Waals surface area contributed by atoms with E-state index in [1.807, 2.05) is 7.05 Å². The zero-order valence-corrected chi connectivity index (χ0v) is 11.1. The first-order chi connectivity index (χ1) is 8.57. The first kappa shape index (κ1) is 13.1. The van der Waals surface area contributed by atoms with Crippen molar-refractivity contribution in [2.24, 2.45) is 18.4 Å². The van der Waals surface area contributed by atoms with Crippen molar-refractivity contribution in [3.8, 4) is 0 Å². The van der Waals surface area contributed by atoms with E-state index in [0.29, 0.717) is 12.3 Å². The van der Waals surface area contributed by atoms with Gasteiger partial charge in [0.05, 0.1) is 5.41 Å². The van der Waals surface area contributed by atoms with Gasteiger partial charge in [-0.05, 0) is 18.8 Å². The minimum Gasteiger partial charge on any atom is -0.481 e. The zero-order chi connectivity index (χ0) is 13.2. The minimum absolute atomic E-state index is 0.495. The monoisotopic (exact) mass is 251 g/mol. The van der Waals surface area contributed by atoms with Gasteiger partial charge in [-0.2, -0.15) is 5.10 Å². The van der Waals surface area contributed by atoms with Crippen LogP contribution in [0.15, 0.2) is 6.33 Å². The second-order valence-electron chi connectivity index (χ2n) is 5.43. The van der Waals surface area contributed by atoms with Gasteiger partial charge in [0.15, 0.2) is 0 Å². The molecule has 2 rings (SSSR count). The number of aliphatic carboxylic acids is 1. The highest BCUT2D eigenvalue weighted by molar-refractivity contribution is 5.75. The van der Waals surface area contributed by atoms with Gasteiger partial charge in [-0.3, -0.25) is 9.48 Å². The molecule has 5 nitrogen and oxygen atoms in total. The second-order valence-corrected chi connectivity index (χ2v) is 5.43. The van der Waals surface area contributed by atoms with Crippen molar-refractivity contribution in [1.29, 1.82) is 0 Å². The molecule has 5 heteroatoms. The second kappa shape index (κ2) is 5.08. The van der Waals surface area contributed by atoms with Gasteiger partial charge in [0.25, 0.3) is 0 Å². The molecule has 1 N–H and O–H groups in total. The van der Waals surface area contributed by atoms with Crippen LogP contribution < -0.4 is 0 Å². The smallest absolute Gasteiger partial charge is 0.310 e. The van der Waals surface area contributed by atoms with Crippen LogP contribution in [0.25, 0.3) is 0 Å². The van der Waals surface area contributed by atoms with Gasteiger partial charge in [-0.25, -0.2) is 4.98 Å². The summed E-state index contributed by atoms with van der Waals surface area (Å²) < 4.78 is 1.68. The van der Waals surface area contributed by atoms with E-state index in [2.05, 4.69) is 17.0 Å². The van der Waals surface area contributed by atoms with Crippen LogP contribution in [0.5, 0.6) is 0 Å². The van der Waals surface area contributed by atoms with E-state index in [-0.39, 0.29) is 0 Å². The van der Waals surface area contributed by atoms with Crippen LogP contribution >= 0.6 is 0 Å². The fourth-order valence-corrected chi connectivity index (χ4v) is 3.05. The van der Waals surface area contributed by atoms with Gasteiger partial charge in [-0.1, -0.05) is 26.2 Å². The summed E-state index contributed by atoms with van der Waals surface area (Å²) in [5.41, 5.74) is -0.639. The van der Waals surface area contributed by atoms with Crippen molar-refractivity contribution in [3.63, 3.8) is 0 Å². The average molecular weight is 251 g/mol. The largest absolute Gasteiger partial charge is 0.481 e. The number of carboxylic acids is 1. The maximum atomic E-state index is 11.7. The van der Waals surface area contributed by atoms with Crippen molar-refractivity contribution >= 4 is 5.97 Å². The molecule has 0 bridgehead atoms. The molecule has 0 radical (unpaired) electrons. The molecule has 1 aliphatic rings. The van der Waals surface area contributed by atoms with E-state index in [1.165, 1.54) is 6.33 Å². The Hall–Kier alpha value is -1.39. The number of hydrogen-bond acceptors (Lipinski definition) is 3. The molecule has 0 saturated heterocycles. The number of aryl methyl sites for hydroxylation is 1. The van der Waals surface area contributed by atoms with Crippen molar-refractivity contribution < 1.29 is 9.90 Å². The molecule has 100 valence electrons. The zero-order valence-electron chi connectivity index (χ0n) is 11.1. The van der Waals surface area contributed by atoms with E-state index in [4.69, 9.17) is 0 Å². The Balaban J connectivity index is 2.22. The lowest BCUT2D eigenvalue weighted by atomic mass is 9.67. The summed E-state index contributed by atoms with van der Waals surface area (Å²) in [6, 6.07) is 0. The summed E-state index contributed by atoms with van der Waals surface area (Å²) in [4.78, 5) is 15.9. The molecular weight excluding hydrogens is 230 g/mol. The Morgan fingerprint density at radius 1 is 1.67 bits per heavy atom. The van der Waals surface area contributed by atoms with Crippen molar-refractivity contribution in [3.05, 3.63) is 12.2 Å². The Labute approximate surface area is 107 Å². The number of nitrogens with zero attached hydrogens (tertiary/aromatic N) is 3. The lowest BCUT2D eigenvalue weighted by Gasteiger charge is -2.37. The van der Waals surface area contributed by atoms with Crippen molar-refractivity contribution in [2.75, 3.05) is 0 Å².